The first kappa shape index (κ1) is 15.0. The van der Waals surface area contributed by atoms with Gasteiger partial charge in [-0.3, -0.25) is 4.79 Å². The minimum atomic E-state index is -0.936. The lowest BCUT2D eigenvalue weighted by Crippen LogP contribution is -2.17. The van der Waals surface area contributed by atoms with Crippen LogP contribution >= 0.6 is 11.6 Å². The van der Waals surface area contributed by atoms with Crippen molar-refractivity contribution in [1.29, 1.82) is 5.26 Å². The van der Waals surface area contributed by atoms with Crippen LogP contribution in [0.15, 0.2) is 18.2 Å². The number of Topliss-reactive ketones (excluding diaryl/α,β-unsaturated/α-hetero) is 1. The molecule has 1 aromatic rings. The number of hydrogen-bond donors (Lipinski definition) is 0. The Morgan fingerprint density at radius 3 is 2.30 bits per heavy atom. The summed E-state index contributed by atoms with van der Waals surface area (Å²) in [6, 6.07) is 5.80. The van der Waals surface area contributed by atoms with Crippen molar-refractivity contribution in [1.82, 2.24) is 0 Å². The summed E-state index contributed by atoms with van der Waals surface area (Å²) in [5.41, 5.74) is 0.122. The molecule has 0 aromatic heterocycles. The minimum Gasteiger partial charge on any atom is -0.297 e. The Kier molecular flexibility index (Phi) is 3.42. The Hall–Kier alpha value is -1.40. The van der Waals surface area contributed by atoms with E-state index in [9.17, 15) is 14.4 Å². The third-order valence-corrected chi connectivity index (χ3v) is 5.32. The Morgan fingerprint density at radius 2 is 1.90 bits per heavy atom. The van der Waals surface area contributed by atoms with Crippen LogP contribution in [0.5, 0.6) is 0 Å². The zero-order valence-corrected chi connectivity index (χ0v) is 12.8. The summed E-state index contributed by atoms with van der Waals surface area (Å²) in [7, 11) is 0. The highest BCUT2D eigenvalue weighted by Gasteiger charge is 2.68. The van der Waals surface area contributed by atoms with E-state index in [4.69, 9.17) is 11.6 Å². The molecule has 0 aliphatic heterocycles. The van der Waals surface area contributed by atoms with Gasteiger partial charge in [0.1, 0.15) is 11.7 Å². The van der Waals surface area contributed by atoms with Gasteiger partial charge in [-0.25, -0.2) is 4.39 Å². The molecular formula is C16H17ClFNO. The number of benzene rings is 1. The molecule has 2 nitrogen and oxygen atoms in total. The van der Waals surface area contributed by atoms with Gasteiger partial charge in [-0.05, 0) is 28.5 Å². The van der Waals surface area contributed by atoms with E-state index in [1.807, 2.05) is 33.8 Å². The number of ketones is 1. The molecule has 1 aliphatic carbocycles. The van der Waals surface area contributed by atoms with E-state index in [0.717, 1.165) is 6.07 Å². The molecule has 0 spiro atoms. The number of nitriles is 1. The van der Waals surface area contributed by atoms with E-state index in [0.29, 0.717) is 5.56 Å². The van der Waals surface area contributed by atoms with Crippen LogP contribution in [0.1, 0.15) is 39.2 Å². The largest absolute Gasteiger partial charge is 0.297 e. The highest BCUT2D eigenvalue weighted by atomic mass is 35.5. The van der Waals surface area contributed by atoms with Crippen molar-refractivity contribution < 1.29 is 9.18 Å². The molecule has 1 saturated carbocycles. The highest BCUT2D eigenvalue weighted by Crippen LogP contribution is 2.69. The van der Waals surface area contributed by atoms with Crippen LogP contribution in [0.25, 0.3) is 0 Å². The van der Waals surface area contributed by atoms with Gasteiger partial charge in [-0.1, -0.05) is 45.4 Å². The molecule has 4 heteroatoms. The van der Waals surface area contributed by atoms with E-state index >= 15 is 0 Å². The van der Waals surface area contributed by atoms with Gasteiger partial charge < -0.3 is 0 Å². The van der Waals surface area contributed by atoms with Gasteiger partial charge in [0, 0.05) is 10.9 Å². The molecule has 1 atom stereocenters. The lowest BCUT2D eigenvalue weighted by atomic mass is 9.90. The Morgan fingerprint density at radius 1 is 1.35 bits per heavy atom. The maximum atomic E-state index is 13.1. The minimum absolute atomic E-state index is 0.126. The van der Waals surface area contributed by atoms with E-state index in [2.05, 4.69) is 0 Å². The zero-order chi connectivity index (χ0) is 15.3. The second-order valence-electron chi connectivity index (χ2n) is 6.51. The van der Waals surface area contributed by atoms with Crippen LogP contribution < -0.4 is 0 Å². The molecule has 1 aliphatic rings. The third kappa shape index (κ3) is 2.03. The number of rotatable bonds is 3. The molecule has 1 aromatic carbocycles. The van der Waals surface area contributed by atoms with Gasteiger partial charge in [0.05, 0.1) is 6.07 Å². The predicted molar refractivity (Wildman–Crippen MR) is 75.8 cm³/mol. The van der Waals surface area contributed by atoms with Crippen LogP contribution in [-0.2, 0) is 4.79 Å². The van der Waals surface area contributed by atoms with E-state index in [1.54, 1.807) is 0 Å². The Balaban J connectivity index is 2.36. The topological polar surface area (TPSA) is 40.9 Å². The average molecular weight is 294 g/mol. The van der Waals surface area contributed by atoms with Gasteiger partial charge in [0.15, 0.2) is 5.78 Å². The second kappa shape index (κ2) is 4.56. The maximum absolute atomic E-state index is 13.1. The molecule has 1 fully saturated rings. The molecule has 106 valence electrons. The number of carbonyl (C=O) groups excluding carboxylic acids is 1. The average Bonchev–Trinajstić information content (AvgIpc) is 2.73. The van der Waals surface area contributed by atoms with Gasteiger partial charge in [-0.2, -0.15) is 5.26 Å². The fourth-order valence-electron chi connectivity index (χ4n) is 3.10. The Labute approximate surface area is 123 Å². The van der Waals surface area contributed by atoms with Crippen LogP contribution in [0.3, 0.4) is 0 Å². The zero-order valence-electron chi connectivity index (χ0n) is 12.0. The number of hydrogen-bond acceptors (Lipinski definition) is 2. The molecule has 1 unspecified atom stereocenters. The number of nitrogens with zero attached hydrogens (tertiary/aromatic N) is 1. The molecular weight excluding hydrogens is 277 g/mol. The summed E-state index contributed by atoms with van der Waals surface area (Å²) in [5, 5.41) is 9.46. The molecule has 2 rings (SSSR count). The second-order valence-corrected chi connectivity index (χ2v) is 6.91. The smallest absolute Gasteiger partial charge is 0.158 e. The van der Waals surface area contributed by atoms with Crippen molar-refractivity contribution in [2.75, 3.05) is 0 Å². The molecule has 0 radical (unpaired) electrons. The summed E-state index contributed by atoms with van der Waals surface area (Å²) in [5.74, 6) is -1.72. The van der Waals surface area contributed by atoms with Gasteiger partial charge in [0.25, 0.3) is 0 Å². The lowest BCUT2D eigenvalue weighted by molar-refractivity contribution is -0.121. The standard InChI is InChI=1S/C16H17ClFNO/c1-15(2)14(16(15,3)4)13(20)11(8-19)10-6-5-9(18)7-12(10)17/h5-7,11,14H,1-4H3. The van der Waals surface area contributed by atoms with Crippen LogP contribution in [0.2, 0.25) is 5.02 Å². The van der Waals surface area contributed by atoms with Crippen LogP contribution in [0.4, 0.5) is 4.39 Å². The first-order valence-corrected chi connectivity index (χ1v) is 6.90. The van der Waals surface area contributed by atoms with Crippen LogP contribution in [-0.4, -0.2) is 5.78 Å². The highest BCUT2D eigenvalue weighted by molar-refractivity contribution is 6.31. The summed E-state index contributed by atoms with van der Waals surface area (Å²) in [4.78, 5) is 12.6. The lowest BCUT2D eigenvalue weighted by Gasteiger charge is -2.11. The molecule has 0 bridgehead atoms. The summed E-state index contributed by atoms with van der Waals surface area (Å²) >= 11 is 5.97. The molecule has 0 saturated heterocycles. The summed E-state index contributed by atoms with van der Waals surface area (Å²) in [6.45, 7) is 8.10. The van der Waals surface area contributed by atoms with E-state index in [-0.39, 0.29) is 27.6 Å². The van der Waals surface area contributed by atoms with Crippen molar-refractivity contribution in [2.24, 2.45) is 16.7 Å². The third-order valence-electron chi connectivity index (χ3n) is 4.99. The fourth-order valence-corrected chi connectivity index (χ4v) is 3.37. The number of halogens is 2. The first-order valence-electron chi connectivity index (χ1n) is 6.53. The number of carbonyl (C=O) groups is 1. The van der Waals surface area contributed by atoms with Gasteiger partial charge in [0.2, 0.25) is 0 Å². The van der Waals surface area contributed by atoms with Gasteiger partial charge >= 0.3 is 0 Å². The fraction of sp³-hybridized carbons (Fsp3) is 0.500. The molecule has 0 N–H and O–H groups in total. The summed E-state index contributed by atoms with van der Waals surface area (Å²) in [6.07, 6.45) is 0. The molecule has 0 amide bonds. The monoisotopic (exact) mass is 293 g/mol. The summed E-state index contributed by atoms with van der Waals surface area (Å²) < 4.78 is 13.1. The first-order chi connectivity index (χ1) is 9.14. The van der Waals surface area contributed by atoms with Crippen LogP contribution in [0, 0.1) is 33.9 Å². The van der Waals surface area contributed by atoms with Crippen molar-refractivity contribution in [3.8, 4) is 6.07 Å². The van der Waals surface area contributed by atoms with Crippen molar-refractivity contribution in [2.45, 2.75) is 33.6 Å². The quantitative estimate of drug-likeness (QED) is 0.832. The van der Waals surface area contributed by atoms with Crippen molar-refractivity contribution >= 4 is 17.4 Å². The SMILES string of the molecule is CC1(C)C(C(=O)C(C#N)c2ccc(F)cc2Cl)C1(C)C. The van der Waals surface area contributed by atoms with E-state index in [1.165, 1.54) is 12.1 Å². The van der Waals surface area contributed by atoms with Gasteiger partial charge in [-0.15, -0.1) is 0 Å². The predicted octanol–water partition coefficient (Wildman–Crippen LogP) is 4.34. The van der Waals surface area contributed by atoms with Crippen molar-refractivity contribution in [3.05, 3.63) is 34.6 Å². The molecule has 0 heterocycles. The Bertz CT molecular complexity index is 601. The normalized spacial score (nSPS) is 21.1. The maximum Gasteiger partial charge on any atom is 0.158 e. The van der Waals surface area contributed by atoms with Crippen molar-refractivity contribution in [3.63, 3.8) is 0 Å². The van der Waals surface area contributed by atoms with E-state index < -0.39 is 11.7 Å². The molecule has 20 heavy (non-hydrogen) atoms.